The summed E-state index contributed by atoms with van der Waals surface area (Å²) in [5.74, 6) is -0.0585. The second-order valence-electron chi connectivity index (χ2n) is 3.99. The Morgan fingerprint density at radius 2 is 2.11 bits per heavy atom. The maximum atomic E-state index is 14.0. The second-order valence-corrected chi connectivity index (χ2v) is 4.84. The van der Waals surface area contributed by atoms with Gasteiger partial charge in [0.2, 0.25) is 0 Å². The van der Waals surface area contributed by atoms with Crippen LogP contribution in [0.2, 0.25) is 0 Å². The van der Waals surface area contributed by atoms with E-state index in [1.807, 2.05) is 0 Å². The molecule has 96 valence electrons. The van der Waals surface area contributed by atoms with Crippen molar-refractivity contribution in [3.8, 4) is 5.75 Å². The molecule has 0 aliphatic heterocycles. The van der Waals surface area contributed by atoms with Crippen LogP contribution in [0.25, 0.3) is 0 Å². The van der Waals surface area contributed by atoms with Gasteiger partial charge in [-0.1, -0.05) is 6.07 Å². The Hall–Kier alpha value is -1.33. The van der Waals surface area contributed by atoms with Gasteiger partial charge in [-0.3, -0.25) is 0 Å². The van der Waals surface area contributed by atoms with Gasteiger partial charge < -0.3 is 14.3 Å². The molecule has 1 unspecified atom stereocenters. The van der Waals surface area contributed by atoms with Crippen LogP contribution in [0, 0.1) is 5.82 Å². The Morgan fingerprint density at radius 3 is 2.67 bits per heavy atom. The van der Waals surface area contributed by atoms with Crippen molar-refractivity contribution in [3.63, 3.8) is 0 Å². The number of methoxy groups -OCH3 is 1. The van der Waals surface area contributed by atoms with E-state index < -0.39 is 11.4 Å². The summed E-state index contributed by atoms with van der Waals surface area (Å²) in [6.45, 7) is 1.46. The predicted molar refractivity (Wildman–Crippen MR) is 68.0 cm³/mol. The minimum atomic E-state index is -1.63. The largest absolute Gasteiger partial charge is 0.496 e. The number of furan rings is 1. The standard InChI is InChI=1S/C13H12BrFO3/c1-13(16,12-8(14)6-7-18-12)11-9(15)4-3-5-10(11)17-2/h3-7,16H,1-2H3. The first-order valence-corrected chi connectivity index (χ1v) is 6.06. The van der Waals surface area contributed by atoms with Crippen molar-refractivity contribution < 1.29 is 18.7 Å². The van der Waals surface area contributed by atoms with E-state index in [0.717, 1.165) is 0 Å². The number of halogens is 2. The first kappa shape index (κ1) is 13.1. The first-order valence-electron chi connectivity index (χ1n) is 5.27. The Balaban J connectivity index is 2.64. The molecule has 5 heteroatoms. The summed E-state index contributed by atoms with van der Waals surface area (Å²) >= 11 is 3.25. The van der Waals surface area contributed by atoms with Crippen molar-refractivity contribution in [2.45, 2.75) is 12.5 Å². The van der Waals surface area contributed by atoms with Gasteiger partial charge in [0.25, 0.3) is 0 Å². The summed E-state index contributed by atoms with van der Waals surface area (Å²) in [7, 11) is 1.42. The monoisotopic (exact) mass is 314 g/mol. The summed E-state index contributed by atoms with van der Waals surface area (Å²) in [5.41, 5.74) is -1.58. The third kappa shape index (κ3) is 2.04. The van der Waals surface area contributed by atoms with Gasteiger partial charge in [0.15, 0.2) is 11.4 Å². The Labute approximate surface area is 112 Å². The lowest BCUT2D eigenvalue weighted by Crippen LogP contribution is -2.25. The van der Waals surface area contributed by atoms with E-state index in [2.05, 4.69) is 15.9 Å². The Morgan fingerprint density at radius 1 is 1.39 bits per heavy atom. The molecular formula is C13H12BrFO3. The van der Waals surface area contributed by atoms with Crippen LogP contribution < -0.4 is 4.74 Å². The molecule has 0 spiro atoms. The predicted octanol–water partition coefficient (Wildman–Crippen LogP) is 3.45. The van der Waals surface area contributed by atoms with Gasteiger partial charge in [0.1, 0.15) is 11.6 Å². The highest BCUT2D eigenvalue weighted by Gasteiger charge is 2.36. The van der Waals surface area contributed by atoms with Crippen LogP contribution in [0.15, 0.2) is 39.4 Å². The van der Waals surface area contributed by atoms with E-state index in [1.165, 1.54) is 32.4 Å². The molecule has 3 nitrogen and oxygen atoms in total. The van der Waals surface area contributed by atoms with E-state index >= 15 is 0 Å². The minimum Gasteiger partial charge on any atom is -0.496 e. The lowest BCUT2D eigenvalue weighted by atomic mass is 9.92. The van der Waals surface area contributed by atoms with Crippen LogP contribution in [0.5, 0.6) is 5.75 Å². The molecule has 0 saturated heterocycles. The van der Waals surface area contributed by atoms with Crippen molar-refractivity contribution in [1.29, 1.82) is 0 Å². The van der Waals surface area contributed by atoms with Gasteiger partial charge >= 0.3 is 0 Å². The van der Waals surface area contributed by atoms with E-state index in [1.54, 1.807) is 12.1 Å². The fraction of sp³-hybridized carbons (Fsp3) is 0.231. The molecule has 0 bridgehead atoms. The zero-order chi connectivity index (χ0) is 13.3. The van der Waals surface area contributed by atoms with Gasteiger partial charge in [0, 0.05) is 0 Å². The zero-order valence-corrected chi connectivity index (χ0v) is 11.5. The van der Waals surface area contributed by atoms with Crippen LogP contribution in [-0.2, 0) is 5.60 Å². The first-order chi connectivity index (χ1) is 8.48. The maximum absolute atomic E-state index is 14.0. The van der Waals surface area contributed by atoms with Crippen molar-refractivity contribution in [3.05, 3.63) is 52.1 Å². The molecule has 1 aromatic carbocycles. The number of aliphatic hydroxyl groups is 1. The number of hydrogen-bond acceptors (Lipinski definition) is 3. The highest BCUT2D eigenvalue weighted by Crippen LogP contribution is 2.40. The minimum absolute atomic E-state index is 0.0446. The van der Waals surface area contributed by atoms with Crippen molar-refractivity contribution >= 4 is 15.9 Å². The molecule has 1 aromatic heterocycles. The van der Waals surface area contributed by atoms with E-state index in [-0.39, 0.29) is 17.1 Å². The summed E-state index contributed by atoms with van der Waals surface area (Å²) in [6.07, 6.45) is 1.42. The van der Waals surface area contributed by atoms with Crippen LogP contribution in [-0.4, -0.2) is 12.2 Å². The van der Waals surface area contributed by atoms with E-state index in [9.17, 15) is 9.50 Å². The smallest absolute Gasteiger partial charge is 0.154 e. The van der Waals surface area contributed by atoms with E-state index in [0.29, 0.717) is 4.47 Å². The van der Waals surface area contributed by atoms with Gasteiger partial charge in [-0.25, -0.2) is 4.39 Å². The molecule has 1 atom stereocenters. The SMILES string of the molecule is COc1cccc(F)c1C(C)(O)c1occc1Br. The molecule has 0 aliphatic carbocycles. The molecule has 0 aliphatic rings. The maximum Gasteiger partial charge on any atom is 0.154 e. The van der Waals surface area contributed by atoms with Crippen LogP contribution in [0.3, 0.4) is 0 Å². The Bertz CT molecular complexity index is 563. The molecule has 0 saturated carbocycles. The number of ether oxygens (including phenoxy) is 1. The van der Waals surface area contributed by atoms with Crippen molar-refractivity contribution in [1.82, 2.24) is 0 Å². The second kappa shape index (κ2) is 4.74. The molecule has 1 heterocycles. The average molecular weight is 315 g/mol. The fourth-order valence-electron chi connectivity index (χ4n) is 1.90. The normalized spacial score (nSPS) is 14.3. The molecule has 1 N–H and O–H groups in total. The Kier molecular flexibility index (Phi) is 3.45. The fourth-order valence-corrected chi connectivity index (χ4v) is 2.49. The molecule has 2 rings (SSSR count). The number of rotatable bonds is 3. The van der Waals surface area contributed by atoms with Gasteiger partial charge in [0.05, 0.1) is 23.4 Å². The molecule has 0 amide bonds. The highest BCUT2D eigenvalue weighted by molar-refractivity contribution is 9.10. The number of hydrogen-bond donors (Lipinski definition) is 1. The topological polar surface area (TPSA) is 42.6 Å². The molecule has 0 fully saturated rings. The quantitative estimate of drug-likeness (QED) is 0.943. The molecular weight excluding hydrogens is 303 g/mol. The summed E-state index contributed by atoms with van der Waals surface area (Å²) in [5, 5.41) is 10.6. The molecule has 18 heavy (non-hydrogen) atoms. The van der Waals surface area contributed by atoms with Crippen LogP contribution in [0.4, 0.5) is 4.39 Å². The lowest BCUT2D eigenvalue weighted by Gasteiger charge is -2.24. The molecule has 0 radical (unpaired) electrons. The summed E-state index contributed by atoms with van der Waals surface area (Å²) in [4.78, 5) is 0. The van der Waals surface area contributed by atoms with Gasteiger partial charge in [-0.2, -0.15) is 0 Å². The highest BCUT2D eigenvalue weighted by atomic mass is 79.9. The third-order valence-electron chi connectivity index (χ3n) is 2.74. The lowest BCUT2D eigenvalue weighted by molar-refractivity contribution is 0.0690. The van der Waals surface area contributed by atoms with Crippen LogP contribution >= 0.6 is 15.9 Å². The third-order valence-corrected chi connectivity index (χ3v) is 3.37. The van der Waals surface area contributed by atoms with Crippen LogP contribution in [0.1, 0.15) is 18.2 Å². The van der Waals surface area contributed by atoms with Gasteiger partial charge in [-0.15, -0.1) is 0 Å². The summed E-state index contributed by atoms with van der Waals surface area (Å²) < 4.78 is 24.8. The van der Waals surface area contributed by atoms with Gasteiger partial charge in [-0.05, 0) is 41.1 Å². The molecule has 2 aromatic rings. The number of benzene rings is 1. The van der Waals surface area contributed by atoms with Crippen molar-refractivity contribution in [2.75, 3.05) is 7.11 Å². The average Bonchev–Trinajstić information content (AvgIpc) is 2.75. The van der Waals surface area contributed by atoms with E-state index in [4.69, 9.17) is 9.15 Å². The van der Waals surface area contributed by atoms with Crippen molar-refractivity contribution in [2.24, 2.45) is 0 Å². The zero-order valence-electron chi connectivity index (χ0n) is 9.91. The summed E-state index contributed by atoms with van der Waals surface area (Å²) in [6, 6.07) is 6.01.